The van der Waals surface area contributed by atoms with Gasteiger partial charge in [0.15, 0.2) is 0 Å². The summed E-state index contributed by atoms with van der Waals surface area (Å²) < 4.78 is 1.77. The molecule has 0 atom stereocenters. The van der Waals surface area contributed by atoms with Gasteiger partial charge < -0.3 is 9.80 Å². The van der Waals surface area contributed by atoms with Crippen molar-refractivity contribution in [1.29, 1.82) is 0 Å². The molecule has 0 fully saturated rings. The Balaban J connectivity index is 2.33. The zero-order chi connectivity index (χ0) is 13.7. The molecule has 0 N–H and O–H groups in total. The van der Waals surface area contributed by atoms with Gasteiger partial charge in [-0.1, -0.05) is 38.3 Å². The monoisotopic (exact) mass is 284 g/mol. The molecule has 0 heterocycles. The van der Waals surface area contributed by atoms with E-state index in [9.17, 15) is 0 Å². The number of rotatable bonds is 8. The summed E-state index contributed by atoms with van der Waals surface area (Å²) in [5, 5.41) is 0. The van der Waals surface area contributed by atoms with Crippen molar-refractivity contribution in [2.24, 2.45) is 0 Å². The first-order valence-electron chi connectivity index (χ1n) is 6.76. The van der Waals surface area contributed by atoms with Crippen LogP contribution in [0.5, 0.6) is 0 Å². The van der Waals surface area contributed by atoms with Crippen LogP contribution < -0.4 is 4.90 Å². The average Bonchev–Trinajstić information content (AvgIpc) is 2.38. The van der Waals surface area contributed by atoms with Crippen molar-refractivity contribution in [1.82, 2.24) is 4.90 Å². The van der Waals surface area contributed by atoms with Gasteiger partial charge in [-0.25, -0.2) is 0 Å². The smallest absolute Gasteiger partial charge is 0.0797 e. The Morgan fingerprint density at radius 1 is 0.944 bits per heavy atom. The van der Waals surface area contributed by atoms with Crippen molar-refractivity contribution in [3.63, 3.8) is 0 Å². The van der Waals surface area contributed by atoms with Crippen LogP contribution in [0.3, 0.4) is 0 Å². The predicted molar refractivity (Wildman–Crippen MR) is 85.5 cm³/mol. The zero-order valence-electron chi connectivity index (χ0n) is 12.0. The zero-order valence-corrected chi connectivity index (χ0v) is 13.6. The van der Waals surface area contributed by atoms with E-state index in [4.69, 9.17) is 24.4 Å². The molecule has 4 heteroatoms. The third-order valence-electron chi connectivity index (χ3n) is 3.61. The van der Waals surface area contributed by atoms with Gasteiger partial charge in [-0.15, -0.1) is 0 Å². The molecule has 0 spiro atoms. The average molecular weight is 284 g/mol. The van der Waals surface area contributed by atoms with E-state index in [1.807, 2.05) is 0 Å². The second-order valence-corrected chi connectivity index (χ2v) is 5.60. The fourth-order valence-corrected chi connectivity index (χ4v) is 2.94. The van der Waals surface area contributed by atoms with E-state index in [-0.39, 0.29) is 0 Å². The van der Waals surface area contributed by atoms with Crippen molar-refractivity contribution in [2.75, 3.05) is 38.1 Å². The van der Waals surface area contributed by atoms with Gasteiger partial charge in [0, 0.05) is 13.6 Å². The van der Waals surface area contributed by atoms with Crippen molar-refractivity contribution < 1.29 is 0 Å². The highest BCUT2D eigenvalue weighted by atomic mass is 32.1. The normalized spacial score (nSPS) is 11.4. The van der Waals surface area contributed by atoms with E-state index in [1.54, 1.807) is 0 Å². The van der Waals surface area contributed by atoms with Gasteiger partial charge in [-0.05, 0) is 45.0 Å². The summed E-state index contributed by atoms with van der Waals surface area (Å²) >= 11 is 10.5. The van der Waals surface area contributed by atoms with Gasteiger partial charge in [-0.3, -0.25) is 0 Å². The van der Waals surface area contributed by atoms with Crippen LogP contribution in [-0.2, 0) is 0 Å². The molecule has 0 radical (unpaired) electrons. The minimum atomic E-state index is 0.883. The van der Waals surface area contributed by atoms with Crippen LogP contribution in [0.4, 0.5) is 5.69 Å². The third kappa shape index (κ3) is 3.59. The fraction of sp³-hybridized carbons (Fsp3) is 0.714. The van der Waals surface area contributed by atoms with E-state index in [0.717, 1.165) is 28.7 Å². The number of hydrogen-bond donors (Lipinski definition) is 0. The molecular weight excluding hydrogens is 260 g/mol. The van der Waals surface area contributed by atoms with Crippen molar-refractivity contribution >= 4 is 30.1 Å². The molecule has 0 saturated carbocycles. The number of nitrogens with zero attached hydrogens (tertiary/aromatic N) is 2. The molecule has 1 aromatic rings. The van der Waals surface area contributed by atoms with Gasteiger partial charge >= 0.3 is 0 Å². The first kappa shape index (κ1) is 15.7. The SMILES string of the molecule is CCN(CC)CCCCN(C)c1c(C)c(=S)c1=S. The fourth-order valence-electron chi connectivity index (χ4n) is 2.29. The van der Waals surface area contributed by atoms with Crippen LogP contribution in [-0.4, -0.2) is 38.1 Å². The van der Waals surface area contributed by atoms with E-state index >= 15 is 0 Å². The van der Waals surface area contributed by atoms with Crippen molar-refractivity contribution in [3.05, 3.63) is 14.6 Å². The Kier molecular flexibility index (Phi) is 6.39. The summed E-state index contributed by atoms with van der Waals surface area (Å²) in [6, 6.07) is 0. The summed E-state index contributed by atoms with van der Waals surface area (Å²) in [5.74, 6) is 0. The van der Waals surface area contributed by atoms with Crippen LogP contribution >= 0.6 is 24.4 Å². The summed E-state index contributed by atoms with van der Waals surface area (Å²) in [4.78, 5) is 4.73. The number of hydrogen-bond acceptors (Lipinski definition) is 4. The maximum absolute atomic E-state index is 5.29. The Morgan fingerprint density at radius 3 is 2.00 bits per heavy atom. The summed E-state index contributed by atoms with van der Waals surface area (Å²) in [7, 11) is 2.12. The minimum Gasteiger partial charge on any atom is -0.373 e. The molecule has 0 aliphatic heterocycles. The third-order valence-corrected chi connectivity index (χ3v) is 4.65. The van der Waals surface area contributed by atoms with Gasteiger partial charge in [0.05, 0.1) is 14.7 Å². The van der Waals surface area contributed by atoms with Gasteiger partial charge in [-0.2, -0.15) is 0 Å². The molecule has 102 valence electrons. The molecule has 1 aromatic carbocycles. The lowest BCUT2D eigenvalue weighted by Gasteiger charge is -2.25. The summed E-state index contributed by atoms with van der Waals surface area (Å²) in [6.07, 6.45) is 2.45. The highest BCUT2D eigenvalue weighted by molar-refractivity contribution is 7.74. The van der Waals surface area contributed by atoms with Crippen molar-refractivity contribution in [2.45, 2.75) is 33.6 Å². The lowest BCUT2D eigenvalue weighted by molar-refractivity contribution is 0.297. The molecule has 0 aliphatic rings. The quantitative estimate of drug-likeness (QED) is 0.527. The lowest BCUT2D eigenvalue weighted by atomic mass is 10.1. The van der Waals surface area contributed by atoms with E-state index < -0.39 is 0 Å². The predicted octanol–water partition coefficient (Wildman–Crippen LogP) is 3.89. The lowest BCUT2D eigenvalue weighted by Crippen LogP contribution is -2.26. The Hall–Kier alpha value is -0.320. The summed E-state index contributed by atoms with van der Waals surface area (Å²) in [6.45, 7) is 11.1. The molecule has 18 heavy (non-hydrogen) atoms. The van der Waals surface area contributed by atoms with Crippen LogP contribution in [0.15, 0.2) is 0 Å². The van der Waals surface area contributed by atoms with Crippen molar-refractivity contribution in [3.8, 4) is 0 Å². The van der Waals surface area contributed by atoms with E-state index in [0.29, 0.717) is 0 Å². The number of unbranched alkanes of at least 4 members (excludes halogenated alkanes) is 1. The largest absolute Gasteiger partial charge is 0.373 e. The second kappa shape index (κ2) is 7.31. The molecule has 0 aliphatic carbocycles. The topological polar surface area (TPSA) is 6.48 Å². The maximum atomic E-state index is 5.29. The molecule has 2 nitrogen and oxygen atoms in total. The first-order valence-corrected chi connectivity index (χ1v) is 7.57. The molecule has 0 saturated heterocycles. The maximum Gasteiger partial charge on any atom is 0.0797 e. The Labute approximate surface area is 121 Å². The highest BCUT2D eigenvalue weighted by Gasteiger charge is 2.14. The number of anilines is 1. The Morgan fingerprint density at radius 2 is 1.50 bits per heavy atom. The minimum absolute atomic E-state index is 0.883. The molecule has 0 unspecified atom stereocenters. The van der Waals surface area contributed by atoms with Crippen LogP contribution in [0, 0.1) is 15.9 Å². The summed E-state index contributed by atoms with van der Waals surface area (Å²) in [5.41, 5.74) is 2.39. The molecular formula is C14H24N2S2. The van der Waals surface area contributed by atoms with E-state index in [1.165, 1.54) is 30.6 Å². The second-order valence-electron chi connectivity index (χ2n) is 4.79. The molecule has 0 aromatic heterocycles. The van der Waals surface area contributed by atoms with Crippen LogP contribution in [0.1, 0.15) is 32.3 Å². The highest BCUT2D eigenvalue weighted by Crippen LogP contribution is 2.28. The Bertz CT molecular complexity index is 443. The standard InChI is InChI=1S/C14H24N2S2/c1-5-16(6-2)10-8-7-9-15(4)12-11(3)13(17)14(12)18/h5-10H2,1-4H3. The van der Waals surface area contributed by atoms with E-state index in [2.05, 4.69) is 37.6 Å². The molecule has 1 rings (SSSR count). The molecule has 0 bridgehead atoms. The molecule has 0 amide bonds. The van der Waals surface area contributed by atoms with Crippen LogP contribution in [0.2, 0.25) is 0 Å². The van der Waals surface area contributed by atoms with Gasteiger partial charge in [0.2, 0.25) is 0 Å². The first-order chi connectivity index (χ1) is 8.52. The van der Waals surface area contributed by atoms with Gasteiger partial charge in [0.1, 0.15) is 0 Å². The van der Waals surface area contributed by atoms with Gasteiger partial charge in [0.25, 0.3) is 0 Å². The van der Waals surface area contributed by atoms with Crippen LogP contribution in [0.25, 0.3) is 0 Å².